The molecule has 0 radical (unpaired) electrons. The van der Waals surface area contributed by atoms with Crippen LogP contribution in [0.4, 0.5) is 0 Å². The Bertz CT molecular complexity index is 178. The summed E-state index contributed by atoms with van der Waals surface area (Å²) in [4.78, 5) is 13.9. The molecule has 0 saturated heterocycles. The largest absolute Gasteiger partial charge is 0.365 e. The molecule has 0 aliphatic heterocycles. The topological polar surface area (TPSA) is 48.1 Å². The molecule has 0 spiro atoms. The van der Waals surface area contributed by atoms with Crippen LogP contribution in [0.2, 0.25) is 25.7 Å². The van der Waals surface area contributed by atoms with Crippen molar-refractivity contribution in [2.75, 3.05) is 27.2 Å². The Hall–Kier alpha value is 0.274. The van der Waals surface area contributed by atoms with Crippen LogP contribution in [0.1, 0.15) is 13.3 Å². The van der Waals surface area contributed by atoms with Crippen molar-refractivity contribution in [1.82, 2.24) is 19.9 Å². The molecule has 0 fully saturated rings. The van der Waals surface area contributed by atoms with Gasteiger partial charge in [0, 0.05) is 8.07 Å². The highest BCUT2D eigenvalue weighted by Crippen LogP contribution is 2.09. The summed E-state index contributed by atoms with van der Waals surface area (Å²) in [5, 5.41) is 0. The van der Waals surface area contributed by atoms with Gasteiger partial charge in [-0.05, 0) is 33.6 Å². The predicted octanol–water partition coefficient (Wildman–Crippen LogP) is 0.788. The van der Waals surface area contributed by atoms with E-state index in [9.17, 15) is 0 Å². The highest BCUT2D eigenvalue weighted by Gasteiger charge is 2.29. The summed E-state index contributed by atoms with van der Waals surface area (Å²) in [5.41, 5.74) is 0. The van der Waals surface area contributed by atoms with E-state index in [1.165, 1.54) is 12.5 Å². The smallest absolute Gasteiger partial charge is 0.303 e. The van der Waals surface area contributed by atoms with E-state index in [4.69, 9.17) is 0 Å². The standard InChI is InChI=1S/C10H30N4Si2/c1-7-13-16(11-2,12-3)14-9-8-10-15(4,5)6/h11-14H,7-10H2,1-6H3. The van der Waals surface area contributed by atoms with Gasteiger partial charge in [0.1, 0.15) is 0 Å². The van der Waals surface area contributed by atoms with Crippen molar-refractivity contribution in [3.8, 4) is 0 Å². The lowest BCUT2D eigenvalue weighted by Crippen LogP contribution is -2.79. The third-order valence-electron chi connectivity index (χ3n) is 2.69. The minimum atomic E-state index is -1.82. The van der Waals surface area contributed by atoms with Crippen molar-refractivity contribution in [2.45, 2.75) is 39.0 Å². The summed E-state index contributed by atoms with van der Waals surface area (Å²) in [6.07, 6.45) is 1.28. The minimum Gasteiger partial charge on any atom is -0.303 e. The summed E-state index contributed by atoms with van der Waals surface area (Å²) in [6, 6.07) is 1.39. The van der Waals surface area contributed by atoms with Gasteiger partial charge in [-0.3, -0.25) is 0 Å². The quantitative estimate of drug-likeness (QED) is 0.367. The Kier molecular flexibility index (Phi) is 7.70. The first kappa shape index (κ1) is 16.3. The molecular weight excluding hydrogens is 232 g/mol. The van der Waals surface area contributed by atoms with Crippen LogP contribution in [0, 0.1) is 0 Å². The fourth-order valence-electron chi connectivity index (χ4n) is 1.70. The van der Waals surface area contributed by atoms with Gasteiger partial charge in [0.15, 0.2) is 0 Å². The van der Waals surface area contributed by atoms with Crippen LogP contribution >= 0.6 is 0 Å². The van der Waals surface area contributed by atoms with E-state index in [1.54, 1.807) is 0 Å². The average Bonchev–Trinajstić information content (AvgIpc) is 2.21. The number of rotatable bonds is 9. The fourth-order valence-corrected chi connectivity index (χ4v) is 5.10. The van der Waals surface area contributed by atoms with Crippen LogP contribution in [0.5, 0.6) is 0 Å². The Morgan fingerprint density at radius 2 is 1.50 bits per heavy atom. The number of hydrogen-bond donors (Lipinski definition) is 4. The second kappa shape index (κ2) is 7.57. The molecule has 0 aliphatic rings. The van der Waals surface area contributed by atoms with Gasteiger partial charge in [-0.2, -0.15) is 0 Å². The second-order valence-corrected chi connectivity index (χ2v) is 14.2. The van der Waals surface area contributed by atoms with Gasteiger partial charge in [0.05, 0.1) is 0 Å². The molecule has 0 aromatic heterocycles. The van der Waals surface area contributed by atoms with Crippen LogP contribution in [-0.2, 0) is 0 Å². The molecule has 4 N–H and O–H groups in total. The van der Waals surface area contributed by atoms with Gasteiger partial charge < -0.3 is 19.9 Å². The highest BCUT2D eigenvalue weighted by molar-refractivity contribution is 6.76. The summed E-state index contributed by atoms with van der Waals surface area (Å²) in [6.45, 7) is 11.5. The fraction of sp³-hybridized carbons (Fsp3) is 1.00. The molecule has 0 bridgehead atoms. The molecule has 0 atom stereocenters. The van der Waals surface area contributed by atoms with E-state index in [2.05, 4.69) is 46.5 Å². The second-order valence-electron chi connectivity index (χ2n) is 5.37. The zero-order valence-electron chi connectivity index (χ0n) is 11.8. The molecule has 98 valence electrons. The molecule has 0 aromatic carbocycles. The Labute approximate surface area is 103 Å². The minimum absolute atomic E-state index is 0.878. The molecule has 0 amide bonds. The lowest BCUT2D eigenvalue weighted by molar-refractivity contribution is 0.724. The molecule has 0 aliphatic carbocycles. The zero-order valence-corrected chi connectivity index (χ0v) is 13.8. The average molecular weight is 263 g/mol. The van der Waals surface area contributed by atoms with Crippen molar-refractivity contribution < 1.29 is 0 Å². The Balaban J connectivity index is 3.93. The van der Waals surface area contributed by atoms with E-state index in [-0.39, 0.29) is 0 Å². The van der Waals surface area contributed by atoms with Crippen LogP contribution in [-0.4, -0.2) is 44.0 Å². The van der Waals surface area contributed by atoms with Crippen LogP contribution in [0.3, 0.4) is 0 Å². The van der Waals surface area contributed by atoms with Crippen LogP contribution < -0.4 is 19.9 Å². The molecule has 4 nitrogen and oxygen atoms in total. The van der Waals surface area contributed by atoms with E-state index in [0.29, 0.717) is 0 Å². The molecule has 0 heterocycles. The van der Waals surface area contributed by atoms with Gasteiger partial charge in [-0.25, -0.2) is 0 Å². The van der Waals surface area contributed by atoms with Gasteiger partial charge in [-0.1, -0.05) is 32.6 Å². The maximum atomic E-state index is 3.63. The third-order valence-corrected chi connectivity index (χ3v) is 7.70. The van der Waals surface area contributed by atoms with Crippen LogP contribution in [0.25, 0.3) is 0 Å². The van der Waals surface area contributed by atoms with E-state index in [1.807, 2.05) is 14.1 Å². The normalized spacial score (nSPS) is 13.1. The van der Waals surface area contributed by atoms with E-state index < -0.39 is 16.8 Å². The molecule has 0 saturated carbocycles. The predicted molar refractivity (Wildman–Crippen MR) is 78.3 cm³/mol. The molecule has 0 rings (SSSR count). The third kappa shape index (κ3) is 6.77. The van der Waals surface area contributed by atoms with E-state index >= 15 is 0 Å². The number of hydrogen-bond acceptors (Lipinski definition) is 4. The molecule has 6 heteroatoms. The van der Waals surface area contributed by atoms with Crippen molar-refractivity contribution in [3.05, 3.63) is 0 Å². The molecule has 16 heavy (non-hydrogen) atoms. The van der Waals surface area contributed by atoms with Gasteiger partial charge >= 0.3 is 8.72 Å². The first-order valence-corrected chi connectivity index (χ1v) is 12.0. The monoisotopic (exact) mass is 262 g/mol. The summed E-state index contributed by atoms with van der Waals surface area (Å²) < 4.78 is 0. The first-order chi connectivity index (χ1) is 7.39. The Morgan fingerprint density at radius 3 is 1.88 bits per heavy atom. The zero-order chi connectivity index (χ0) is 12.7. The highest BCUT2D eigenvalue weighted by atomic mass is 28.4. The Morgan fingerprint density at radius 1 is 0.938 bits per heavy atom. The maximum absolute atomic E-state index is 3.63. The molecule has 0 aromatic rings. The lowest BCUT2D eigenvalue weighted by Gasteiger charge is -2.31. The van der Waals surface area contributed by atoms with E-state index in [0.717, 1.165) is 13.1 Å². The first-order valence-electron chi connectivity index (χ1n) is 6.27. The van der Waals surface area contributed by atoms with Crippen molar-refractivity contribution in [3.63, 3.8) is 0 Å². The summed E-state index contributed by atoms with van der Waals surface area (Å²) in [7, 11) is 1.32. The van der Waals surface area contributed by atoms with Crippen molar-refractivity contribution in [1.29, 1.82) is 0 Å². The van der Waals surface area contributed by atoms with Crippen molar-refractivity contribution >= 4 is 16.8 Å². The summed E-state index contributed by atoms with van der Waals surface area (Å²) >= 11 is 0. The SMILES string of the molecule is CCN[Si](NC)(NC)NCCC[Si](C)(C)C. The van der Waals surface area contributed by atoms with Crippen LogP contribution in [0.15, 0.2) is 0 Å². The van der Waals surface area contributed by atoms with Gasteiger partial charge in [-0.15, -0.1) is 0 Å². The molecular formula is C10H30N4Si2. The lowest BCUT2D eigenvalue weighted by atomic mass is 10.5. The number of nitrogens with one attached hydrogen (secondary N) is 4. The van der Waals surface area contributed by atoms with Gasteiger partial charge in [0.2, 0.25) is 0 Å². The van der Waals surface area contributed by atoms with Crippen molar-refractivity contribution in [2.24, 2.45) is 0 Å². The maximum Gasteiger partial charge on any atom is 0.365 e. The molecule has 0 unspecified atom stereocenters. The van der Waals surface area contributed by atoms with Gasteiger partial charge in [0.25, 0.3) is 0 Å². The summed E-state index contributed by atoms with van der Waals surface area (Å²) in [5.74, 6) is 0.